The number of aromatic nitrogens is 2. The van der Waals surface area contributed by atoms with E-state index in [9.17, 15) is 13.6 Å². The number of ether oxygens (including phenoxy) is 1. The lowest BCUT2D eigenvalue weighted by atomic mass is 10.1. The van der Waals surface area contributed by atoms with Crippen molar-refractivity contribution in [3.05, 3.63) is 71.9 Å². The predicted molar refractivity (Wildman–Crippen MR) is 112 cm³/mol. The average molecular weight is 413 g/mol. The number of alkyl halides is 2. The van der Waals surface area contributed by atoms with Gasteiger partial charge in [0.25, 0.3) is 5.91 Å². The molecule has 0 saturated heterocycles. The Hall–Kier alpha value is -3.22. The van der Waals surface area contributed by atoms with Gasteiger partial charge in [0, 0.05) is 30.4 Å². The van der Waals surface area contributed by atoms with Crippen LogP contribution in [0.15, 0.2) is 60.7 Å². The van der Waals surface area contributed by atoms with Gasteiger partial charge in [0.05, 0.1) is 5.69 Å². The third-order valence-electron chi connectivity index (χ3n) is 4.79. The van der Waals surface area contributed by atoms with E-state index in [-0.39, 0.29) is 11.7 Å². The summed E-state index contributed by atoms with van der Waals surface area (Å²) in [5.74, 6) is -0.227. The first-order chi connectivity index (χ1) is 14.5. The van der Waals surface area contributed by atoms with E-state index in [1.807, 2.05) is 30.3 Å². The molecule has 1 heterocycles. The molecule has 0 aliphatic heterocycles. The van der Waals surface area contributed by atoms with E-state index in [1.54, 1.807) is 18.0 Å². The second kappa shape index (κ2) is 10.5. The van der Waals surface area contributed by atoms with Crippen molar-refractivity contribution in [3.63, 3.8) is 0 Å². The average Bonchev–Trinajstić information content (AvgIpc) is 3.22. The molecule has 30 heavy (non-hydrogen) atoms. The summed E-state index contributed by atoms with van der Waals surface area (Å²) in [5.41, 5.74) is 3.45. The summed E-state index contributed by atoms with van der Waals surface area (Å²) in [6.07, 6.45) is 3.70. The van der Waals surface area contributed by atoms with Crippen molar-refractivity contribution in [1.29, 1.82) is 0 Å². The zero-order chi connectivity index (χ0) is 21.3. The van der Waals surface area contributed by atoms with Crippen LogP contribution in [0.25, 0.3) is 11.3 Å². The van der Waals surface area contributed by atoms with Gasteiger partial charge in [0.1, 0.15) is 5.75 Å². The number of H-pyrrole nitrogens is 1. The Morgan fingerprint density at radius 2 is 1.87 bits per heavy atom. The molecule has 1 amide bonds. The largest absolute Gasteiger partial charge is 0.435 e. The summed E-state index contributed by atoms with van der Waals surface area (Å²) in [6, 6.07) is 18.0. The lowest BCUT2D eigenvalue weighted by molar-refractivity contribution is -0.0499. The number of amides is 1. The molecule has 0 unspecified atom stereocenters. The first-order valence-corrected chi connectivity index (χ1v) is 9.93. The van der Waals surface area contributed by atoms with Crippen molar-refractivity contribution < 1.29 is 18.3 Å². The Kier molecular flexibility index (Phi) is 7.54. The summed E-state index contributed by atoms with van der Waals surface area (Å²) in [6.45, 7) is -2.32. The molecular formula is C23H25F2N3O2. The zero-order valence-electron chi connectivity index (χ0n) is 16.9. The van der Waals surface area contributed by atoms with E-state index in [0.717, 1.165) is 42.6 Å². The highest BCUT2D eigenvalue weighted by Crippen LogP contribution is 2.19. The molecule has 1 aromatic heterocycles. The maximum atomic E-state index is 12.5. The number of benzene rings is 2. The number of hydrogen-bond acceptors (Lipinski definition) is 3. The smallest absolute Gasteiger partial charge is 0.387 e. The molecule has 0 spiro atoms. The van der Waals surface area contributed by atoms with Crippen LogP contribution in [0.4, 0.5) is 8.78 Å². The van der Waals surface area contributed by atoms with E-state index >= 15 is 0 Å². The molecule has 0 fully saturated rings. The lowest BCUT2D eigenvalue weighted by Gasteiger charge is -2.17. The Morgan fingerprint density at radius 3 is 2.63 bits per heavy atom. The Bertz CT molecular complexity index is 944. The first kappa shape index (κ1) is 21.5. The minimum absolute atomic E-state index is 0.0151. The number of rotatable bonds is 10. The highest BCUT2D eigenvalue weighted by molar-refractivity contribution is 5.94. The van der Waals surface area contributed by atoms with Crippen LogP contribution in [0.1, 0.15) is 35.3 Å². The summed E-state index contributed by atoms with van der Waals surface area (Å²) in [5, 5.41) is 7.44. The van der Waals surface area contributed by atoms with Gasteiger partial charge in [-0.1, -0.05) is 42.8 Å². The Labute approximate surface area is 174 Å². The van der Waals surface area contributed by atoms with Crippen molar-refractivity contribution in [2.24, 2.45) is 0 Å². The molecule has 1 N–H and O–H groups in total. The quantitative estimate of drug-likeness (QED) is 0.467. The molecule has 0 radical (unpaired) electrons. The van der Waals surface area contributed by atoms with Crippen LogP contribution >= 0.6 is 0 Å². The molecular weight excluding hydrogens is 388 g/mol. The maximum absolute atomic E-state index is 12.5. The summed E-state index contributed by atoms with van der Waals surface area (Å²) < 4.78 is 29.0. The van der Waals surface area contributed by atoms with Crippen LogP contribution in [-0.4, -0.2) is 41.2 Å². The monoisotopic (exact) mass is 413 g/mol. The van der Waals surface area contributed by atoms with Gasteiger partial charge in [-0.2, -0.15) is 13.9 Å². The number of aromatic amines is 1. The lowest BCUT2D eigenvalue weighted by Crippen LogP contribution is -2.27. The van der Waals surface area contributed by atoms with Crippen LogP contribution in [0, 0.1) is 0 Å². The highest BCUT2D eigenvalue weighted by Gasteiger charge is 2.13. The first-order valence-electron chi connectivity index (χ1n) is 9.93. The second-order valence-corrected chi connectivity index (χ2v) is 7.09. The van der Waals surface area contributed by atoms with Crippen molar-refractivity contribution >= 4 is 5.91 Å². The number of hydrogen-bond donors (Lipinski definition) is 1. The summed E-state index contributed by atoms with van der Waals surface area (Å²) in [7, 11) is 1.71. The van der Waals surface area contributed by atoms with Gasteiger partial charge in [0.15, 0.2) is 0 Å². The highest BCUT2D eigenvalue weighted by atomic mass is 19.3. The van der Waals surface area contributed by atoms with Gasteiger partial charge >= 0.3 is 6.61 Å². The fourth-order valence-electron chi connectivity index (χ4n) is 3.21. The minimum Gasteiger partial charge on any atom is -0.435 e. The van der Waals surface area contributed by atoms with Gasteiger partial charge in [-0.25, -0.2) is 0 Å². The van der Waals surface area contributed by atoms with E-state index in [1.165, 1.54) is 18.2 Å². The van der Waals surface area contributed by atoms with Crippen molar-refractivity contribution in [2.45, 2.75) is 32.3 Å². The maximum Gasteiger partial charge on any atom is 0.387 e. The third-order valence-corrected chi connectivity index (χ3v) is 4.79. The molecule has 0 atom stereocenters. The van der Waals surface area contributed by atoms with Gasteiger partial charge in [-0.05, 0) is 43.5 Å². The van der Waals surface area contributed by atoms with Gasteiger partial charge in [-0.15, -0.1) is 0 Å². The number of halogens is 2. The minimum atomic E-state index is -2.91. The van der Waals surface area contributed by atoms with Gasteiger partial charge < -0.3 is 9.64 Å². The van der Waals surface area contributed by atoms with Gasteiger partial charge in [-0.3, -0.25) is 9.89 Å². The van der Waals surface area contributed by atoms with Crippen molar-refractivity contribution in [1.82, 2.24) is 15.1 Å². The summed E-state index contributed by atoms with van der Waals surface area (Å²) >= 11 is 0. The fourth-order valence-corrected chi connectivity index (χ4v) is 3.21. The Balaban J connectivity index is 1.40. The van der Waals surface area contributed by atoms with E-state index in [2.05, 4.69) is 21.0 Å². The molecule has 3 aromatic rings. The SMILES string of the molecule is CN(CCCCCc1cc(-c2ccccc2)n[nH]1)C(=O)c1cccc(OC(F)F)c1. The molecule has 7 heteroatoms. The number of nitrogens with one attached hydrogen (secondary N) is 1. The van der Waals surface area contributed by atoms with Crippen LogP contribution < -0.4 is 4.74 Å². The molecule has 158 valence electrons. The van der Waals surface area contributed by atoms with Crippen molar-refractivity contribution in [3.8, 4) is 17.0 Å². The molecule has 5 nitrogen and oxygen atoms in total. The predicted octanol–water partition coefficient (Wildman–Crippen LogP) is 5.16. The number of nitrogens with zero attached hydrogens (tertiary/aromatic N) is 2. The molecule has 0 saturated carbocycles. The fraction of sp³-hybridized carbons (Fsp3) is 0.304. The van der Waals surface area contributed by atoms with Crippen molar-refractivity contribution in [2.75, 3.05) is 13.6 Å². The van der Waals surface area contributed by atoms with Crippen LogP contribution in [-0.2, 0) is 6.42 Å². The molecule has 0 aliphatic carbocycles. The Morgan fingerprint density at radius 1 is 1.07 bits per heavy atom. The standard InChI is InChI=1S/C23H25F2N3O2/c1-28(22(29)18-11-8-13-20(15-18)30-23(24)25)14-7-3-6-12-19-16-21(27-26-19)17-9-4-2-5-10-17/h2,4-5,8-11,13,15-16,23H,3,6-7,12,14H2,1H3,(H,26,27). The summed E-state index contributed by atoms with van der Waals surface area (Å²) in [4.78, 5) is 14.1. The number of carbonyl (C=O) groups is 1. The van der Waals surface area contributed by atoms with Gasteiger partial charge in [0.2, 0.25) is 0 Å². The van der Waals surface area contributed by atoms with E-state index in [0.29, 0.717) is 12.1 Å². The molecule has 0 aliphatic rings. The molecule has 3 rings (SSSR count). The van der Waals surface area contributed by atoms with E-state index < -0.39 is 6.61 Å². The van der Waals surface area contributed by atoms with Crippen LogP contribution in [0.3, 0.4) is 0 Å². The molecule has 2 aromatic carbocycles. The number of aryl methyl sites for hydroxylation is 1. The number of unbranched alkanes of at least 4 members (excludes halogenated alkanes) is 2. The third kappa shape index (κ3) is 6.14. The van der Waals surface area contributed by atoms with Crippen LogP contribution in [0.5, 0.6) is 5.75 Å². The topological polar surface area (TPSA) is 58.2 Å². The number of carbonyl (C=O) groups excluding carboxylic acids is 1. The second-order valence-electron chi connectivity index (χ2n) is 7.09. The molecule has 0 bridgehead atoms. The zero-order valence-corrected chi connectivity index (χ0v) is 16.9. The van der Waals surface area contributed by atoms with Crippen LogP contribution in [0.2, 0.25) is 0 Å². The van der Waals surface area contributed by atoms with E-state index in [4.69, 9.17) is 0 Å². The normalized spacial score (nSPS) is 10.9.